The van der Waals surface area contributed by atoms with E-state index in [1.807, 2.05) is 39.1 Å². The quantitative estimate of drug-likeness (QED) is 0.325. The van der Waals surface area contributed by atoms with Gasteiger partial charge >= 0.3 is 5.97 Å². The molecule has 1 aromatic rings. The van der Waals surface area contributed by atoms with Gasteiger partial charge in [0.25, 0.3) is 0 Å². The van der Waals surface area contributed by atoms with Crippen molar-refractivity contribution in [1.82, 2.24) is 4.98 Å². The van der Waals surface area contributed by atoms with E-state index in [1.165, 1.54) is 0 Å². The molecule has 0 aromatic carbocycles. The highest BCUT2D eigenvalue weighted by Gasteiger charge is 2.55. The highest BCUT2D eigenvalue weighted by molar-refractivity contribution is 9.10. The largest absolute Gasteiger partial charge is 0.434 e. The molecule has 0 saturated heterocycles. The molecule has 0 atom stereocenters. The lowest BCUT2D eigenvalue weighted by atomic mass is 9.76. The monoisotopic (exact) mass is 441 g/mol. The average molecular weight is 442 g/mol. The molecular weight excluding hydrogens is 410 g/mol. The summed E-state index contributed by atoms with van der Waals surface area (Å²) >= 11 is 3.42. The Hall–Kier alpha value is -0.723. The number of pyridine rings is 1. The Labute approximate surface area is 167 Å². The van der Waals surface area contributed by atoms with E-state index in [2.05, 4.69) is 54.8 Å². The van der Waals surface area contributed by atoms with E-state index in [9.17, 15) is 4.79 Å². The number of nitrogens with zero attached hydrogens (tertiary/aromatic N) is 1. The summed E-state index contributed by atoms with van der Waals surface area (Å²) in [6, 6.07) is 4.02. The first-order valence-corrected chi connectivity index (χ1v) is 12.9. The smallest absolute Gasteiger partial charge is 0.313 e. The van der Waals surface area contributed by atoms with Crippen LogP contribution in [-0.4, -0.2) is 25.1 Å². The van der Waals surface area contributed by atoms with Gasteiger partial charge in [-0.05, 0) is 67.0 Å². The molecular formula is C20H32BrNO3Si. The van der Waals surface area contributed by atoms with E-state index in [0.29, 0.717) is 12.8 Å². The zero-order chi connectivity index (χ0) is 20.0. The van der Waals surface area contributed by atoms with Crippen LogP contribution in [0.15, 0.2) is 22.8 Å². The van der Waals surface area contributed by atoms with Crippen LogP contribution in [0.4, 0.5) is 0 Å². The summed E-state index contributed by atoms with van der Waals surface area (Å²) in [6.45, 7) is 16.6. The van der Waals surface area contributed by atoms with Gasteiger partial charge in [-0.2, -0.15) is 0 Å². The Kier molecular flexibility index (Phi) is 5.83. The Morgan fingerprint density at radius 3 is 2.19 bits per heavy atom. The van der Waals surface area contributed by atoms with Gasteiger partial charge in [-0.3, -0.25) is 9.78 Å². The summed E-state index contributed by atoms with van der Waals surface area (Å²) in [6.07, 6.45) is 3.14. The summed E-state index contributed by atoms with van der Waals surface area (Å²) in [5.41, 5.74) is 0.472. The van der Waals surface area contributed by atoms with Crippen LogP contribution in [0.2, 0.25) is 18.1 Å². The number of carbonyl (C=O) groups is 1. The fourth-order valence-corrected chi connectivity index (χ4v) is 4.34. The van der Waals surface area contributed by atoms with Crippen LogP contribution < -0.4 is 0 Å². The minimum absolute atomic E-state index is 0.0507. The molecule has 1 fully saturated rings. The van der Waals surface area contributed by atoms with Crippen LogP contribution >= 0.6 is 15.9 Å². The molecule has 1 aromatic heterocycles. The molecule has 1 heterocycles. The van der Waals surface area contributed by atoms with Crippen LogP contribution in [0.5, 0.6) is 0 Å². The standard InChI is InChI=1S/C20H32BrNO3Si/c1-18(2,3)17(23)24-20(25-26(7,8)19(4,5)6)11-14(12-20)16-10-9-15(21)13-22-16/h9-10,13-14H,11-12H2,1-8H3. The van der Waals surface area contributed by atoms with Crippen molar-refractivity contribution in [3.8, 4) is 0 Å². The van der Waals surface area contributed by atoms with Crippen molar-refractivity contribution in [3.05, 3.63) is 28.5 Å². The van der Waals surface area contributed by atoms with Gasteiger partial charge in [0, 0.05) is 35.1 Å². The molecule has 26 heavy (non-hydrogen) atoms. The molecule has 2 rings (SSSR count). The highest BCUT2D eigenvalue weighted by atomic mass is 79.9. The second-order valence-electron chi connectivity index (χ2n) is 9.92. The number of halogens is 1. The third-order valence-electron chi connectivity index (χ3n) is 5.42. The van der Waals surface area contributed by atoms with E-state index in [1.54, 1.807) is 0 Å². The van der Waals surface area contributed by atoms with E-state index in [4.69, 9.17) is 9.16 Å². The second kappa shape index (κ2) is 7.02. The molecule has 0 radical (unpaired) electrons. The molecule has 1 aliphatic carbocycles. The van der Waals surface area contributed by atoms with Gasteiger partial charge in [0.05, 0.1) is 5.41 Å². The van der Waals surface area contributed by atoms with Crippen molar-refractivity contribution in [2.75, 3.05) is 0 Å². The van der Waals surface area contributed by atoms with Gasteiger partial charge in [0.15, 0.2) is 8.32 Å². The maximum atomic E-state index is 12.6. The number of rotatable bonds is 4. The number of hydrogen-bond donors (Lipinski definition) is 0. The molecule has 0 bridgehead atoms. The van der Waals surface area contributed by atoms with Crippen LogP contribution in [-0.2, 0) is 14.0 Å². The first-order chi connectivity index (χ1) is 11.7. The lowest BCUT2D eigenvalue weighted by molar-refractivity contribution is -0.243. The second-order valence-corrected chi connectivity index (χ2v) is 15.6. The maximum Gasteiger partial charge on any atom is 0.313 e. The van der Waals surface area contributed by atoms with E-state index < -0.39 is 19.5 Å². The van der Waals surface area contributed by atoms with Crippen LogP contribution in [0.25, 0.3) is 0 Å². The number of carbonyl (C=O) groups excluding carboxylic acids is 1. The third kappa shape index (κ3) is 4.76. The lowest BCUT2D eigenvalue weighted by Gasteiger charge is -2.52. The summed E-state index contributed by atoms with van der Waals surface area (Å²) in [5, 5.41) is 0.0507. The number of esters is 1. The molecule has 0 aliphatic heterocycles. The van der Waals surface area contributed by atoms with E-state index in [0.717, 1.165) is 10.2 Å². The van der Waals surface area contributed by atoms with E-state index in [-0.39, 0.29) is 16.9 Å². The Morgan fingerprint density at radius 2 is 1.77 bits per heavy atom. The fourth-order valence-electron chi connectivity index (χ4n) is 2.66. The van der Waals surface area contributed by atoms with Gasteiger partial charge in [-0.15, -0.1) is 0 Å². The lowest BCUT2D eigenvalue weighted by Crippen LogP contribution is -2.58. The topological polar surface area (TPSA) is 48.4 Å². The zero-order valence-corrected chi connectivity index (χ0v) is 19.9. The Morgan fingerprint density at radius 1 is 1.19 bits per heavy atom. The summed E-state index contributed by atoms with van der Waals surface area (Å²) in [5.74, 6) is -0.786. The van der Waals surface area contributed by atoms with Crippen LogP contribution in [0.3, 0.4) is 0 Å². The molecule has 0 unspecified atom stereocenters. The summed E-state index contributed by atoms with van der Waals surface area (Å²) < 4.78 is 13.6. The van der Waals surface area contributed by atoms with Crippen molar-refractivity contribution in [3.63, 3.8) is 0 Å². The predicted octanol–water partition coefficient (Wildman–Crippen LogP) is 6.03. The van der Waals surface area contributed by atoms with E-state index >= 15 is 0 Å². The molecule has 0 amide bonds. The van der Waals surface area contributed by atoms with Gasteiger partial charge < -0.3 is 9.16 Å². The molecule has 6 heteroatoms. The minimum atomic E-state index is -2.08. The molecule has 4 nitrogen and oxygen atoms in total. The average Bonchev–Trinajstić information content (AvgIpc) is 2.42. The first kappa shape index (κ1) is 21.6. The minimum Gasteiger partial charge on any atom is -0.434 e. The normalized spacial score (nSPS) is 24.1. The summed E-state index contributed by atoms with van der Waals surface area (Å²) in [7, 11) is -2.08. The third-order valence-corrected chi connectivity index (χ3v) is 10.4. The fraction of sp³-hybridized carbons (Fsp3) is 0.700. The van der Waals surface area contributed by atoms with Crippen LogP contribution in [0.1, 0.15) is 66.0 Å². The van der Waals surface area contributed by atoms with Crippen molar-refractivity contribution < 1.29 is 14.0 Å². The Balaban J connectivity index is 2.22. The predicted molar refractivity (Wildman–Crippen MR) is 110 cm³/mol. The van der Waals surface area contributed by atoms with Gasteiger partial charge in [0.1, 0.15) is 0 Å². The zero-order valence-electron chi connectivity index (χ0n) is 17.3. The maximum absolute atomic E-state index is 12.6. The van der Waals surface area contributed by atoms with Gasteiger partial charge in [-0.25, -0.2) is 0 Å². The number of ether oxygens (including phenoxy) is 1. The molecule has 146 valence electrons. The van der Waals surface area contributed by atoms with Crippen molar-refractivity contribution >= 4 is 30.2 Å². The van der Waals surface area contributed by atoms with Crippen molar-refractivity contribution in [1.29, 1.82) is 0 Å². The van der Waals surface area contributed by atoms with Gasteiger partial charge in [0.2, 0.25) is 5.79 Å². The molecule has 0 spiro atoms. The van der Waals surface area contributed by atoms with Crippen LogP contribution in [0, 0.1) is 5.41 Å². The van der Waals surface area contributed by atoms with Crippen molar-refractivity contribution in [2.45, 2.75) is 84.2 Å². The number of hydrogen-bond acceptors (Lipinski definition) is 4. The highest BCUT2D eigenvalue weighted by Crippen LogP contribution is 2.52. The SMILES string of the molecule is CC(C)(C)C(=O)OC1(O[Si](C)(C)C(C)(C)C)CC(c2ccc(Br)cn2)C1. The Bertz CT molecular complexity index is 653. The number of aromatic nitrogens is 1. The van der Waals surface area contributed by atoms with Gasteiger partial charge in [-0.1, -0.05) is 20.8 Å². The molecule has 1 saturated carbocycles. The molecule has 0 N–H and O–H groups in total. The molecule has 1 aliphatic rings. The van der Waals surface area contributed by atoms with Crippen molar-refractivity contribution in [2.24, 2.45) is 5.41 Å². The first-order valence-electron chi connectivity index (χ1n) is 9.20. The summed E-state index contributed by atoms with van der Waals surface area (Å²) in [4.78, 5) is 17.1.